The molecule has 0 fully saturated rings. The van der Waals surface area contributed by atoms with Gasteiger partial charge in [-0.25, -0.2) is 0 Å². The van der Waals surface area contributed by atoms with Crippen molar-refractivity contribution in [2.24, 2.45) is 5.73 Å². The Labute approximate surface area is 125 Å². The van der Waals surface area contributed by atoms with Gasteiger partial charge < -0.3 is 10.5 Å². The molecule has 0 aliphatic carbocycles. The normalized spacial score (nSPS) is 10.6. The summed E-state index contributed by atoms with van der Waals surface area (Å²) in [6.07, 6.45) is 1.79. The molecule has 2 N–H and O–H groups in total. The van der Waals surface area contributed by atoms with Gasteiger partial charge in [0.05, 0.1) is 0 Å². The van der Waals surface area contributed by atoms with E-state index in [0.29, 0.717) is 6.54 Å². The lowest BCUT2D eigenvalue weighted by atomic mass is 10.1. The minimum Gasteiger partial charge on any atom is -0.457 e. The minimum atomic E-state index is 0.665. The van der Waals surface area contributed by atoms with E-state index in [-0.39, 0.29) is 0 Å². The molecule has 2 aromatic carbocycles. The fourth-order valence-corrected chi connectivity index (χ4v) is 2.44. The van der Waals surface area contributed by atoms with Crippen molar-refractivity contribution in [1.82, 2.24) is 0 Å². The molecule has 0 heterocycles. The Bertz CT molecular complexity index is 596. The largest absolute Gasteiger partial charge is 0.457 e. The average Bonchev–Trinajstić information content (AvgIpc) is 2.44. The van der Waals surface area contributed by atoms with E-state index in [1.165, 1.54) is 11.1 Å². The molecule has 0 atom stereocenters. The number of rotatable bonds is 5. The van der Waals surface area contributed by atoms with E-state index in [2.05, 4.69) is 19.9 Å². The number of hydrogen-bond acceptors (Lipinski definition) is 2. The van der Waals surface area contributed by atoms with Gasteiger partial charge in [0.15, 0.2) is 0 Å². The summed E-state index contributed by atoms with van der Waals surface area (Å²) < 4.78 is 5.90. The first-order valence-corrected chi connectivity index (χ1v) is 7.27. The number of aryl methyl sites for hydroxylation is 2. The molecule has 0 aliphatic heterocycles. The predicted molar refractivity (Wildman–Crippen MR) is 84.8 cm³/mol. The van der Waals surface area contributed by atoms with Crippen molar-refractivity contribution in [1.29, 1.82) is 0 Å². The van der Waals surface area contributed by atoms with Gasteiger partial charge in [-0.15, -0.1) is 0 Å². The molecular formula is C17H20ClNO. The van der Waals surface area contributed by atoms with E-state index in [9.17, 15) is 0 Å². The van der Waals surface area contributed by atoms with Crippen LogP contribution in [0.15, 0.2) is 36.4 Å². The lowest BCUT2D eigenvalue weighted by Gasteiger charge is -2.11. The molecule has 3 heteroatoms. The summed E-state index contributed by atoms with van der Waals surface area (Å²) >= 11 is 6.11. The zero-order valence-electron chi connectivity index (χ0n) is 11.9. The molecule has 0 aromatic heterocycles. The van der Waals surface area contributed by atoms with Crippen LogP contribution in [0.3, 0.4) is 0 Å². The van der Waals surface area contributed by atoms with E-state index in [1.54, 1.807) is 0 Å². The molecule has 0 unspecified atom stereocenters. The average molecular weight is 290 g/mol. The first-order valence-electron chi connectivity index (χ1n) is 6.90. The number of halogens is 1. The Morgan fingerprint density at radius 1 is 1.05 bits per heavy atom. The van der Waals surface area contributed by atoms with Crippen molar-refractivity contribution in [2.75, 3.05) is 6.54 Å². The molecule has 0 amide bonds. The van der Waals surface area contributed by atoms with E-state index >= 15 is 0 Å². The first-order chi connectivity index (χ1) is 9.63. The molecule has 20 heavy (non-hydrogen) atoms. The molecule has 0 spiro atoms. The topological polar surface area (TPSA) is 35.2 Å². The van der Waals surface area contributed by atoms with Crippen LogP contribution in [0, 0.1) is 6.92 Å². The maximum absolute atomic E-state index is 6.11. The molecule has 2 nitrogen and oxygen atoms in total. The van der Waals surface area contributed by atoms with E-state index < -0.39 is 0 Å². The highest BCUT2D eigenvalue weighted by atomic mass is 35.5. The van der Waals surface area contributed by atoms with Gasteiger partial charge in [0, 0.05) is 5.02 Å². The van der Waals surface area contributed by atoms with Crippen LogP contribution < -0.4 is 10.5 Å². The number of ether oxygens (including phenoxy) is 1. The SMILES string of the molecule is CCc1cc(Oc2ccc(CCN)c(C)c2)ccc1Cl. The van der Waals surface area contributed by atoms with E-state index in [4.69, 9.17) is 22.1 Å². The molecule has 0 aliphatic rings. The van der Waals surface area contributed by atoms with Gasteiger partial charge in [0.25, 0.3) is 0 Å². The first kappa shape index (κ1) is 14.9. The lowest BCUT2D eigenvalue weighted by molar-refractivity contribution is 0.481. The molecule has 0 saturated carbocycles. The van der Waals surface area contributed by atoms with Crippen LogP contribution in [0.2, 0.25) is 5.02 Å². The molecule has 0 saturated heterocycles. The zero-order valence-corrected chi connectivity index (χ0v) is 12.7. The summed E-state index contributed by atoms with van der Waals surface area (Å²) in [5.74, 6) is 1.66. The van der Waals surface area contributed by atoms with Gasteiger partial charge in [0.2, 0.25) is 0 Å². The van der Waals surface area contributed by atoms with Gasteiger partial charge in [-0.3, -0.25) is 0 Å². The van der Waals surface area contributed by atoms with Gasteiger partial charge >= 0.3 is 0 Å². The van der Waals surface area contributed by atoms with Crippen LogP contribution in [0.1, 0.15) is 23.6 Å². The highest BCUT2D eigenvalue weighted by Gasteiger charge is 2.04. The lowest BCUT2D eigenvalue weighted by Crippen LogP contribution is -2.04. The van der Waals surface area contributed by atoms with Crippen LogP contribution in [-0.4, -0.2) is 6.54 Å². The fourth-order valence-electron chi connectivity index (χ4n) is 2.19. The smallest absolute Gasteiger partial charge is 0.127 e. The third kappa shape index (κ3) is 3.53. The van der Waals surface area contributed by atoms with Crippen molar-refractivity contribution in [3.05, 3.63) is 58.1 Å². The Hall–Kier alpha value is -1.51. The van der Waals surface area contributed by atoms with Gasteiger partial charge in [-0.05, 0) is 73.3 Å². The predicted octanol–water partition coefficient (Wildman–Crippen LogP) is 4.50. The Morgan fingerprint density at radius 2 is 1.75 bits per heavy atom. The quantitative estimate of drug-likeness (QED) is 0.879. The summed E-state index contributed by atoms with van der Waals surface area (Å²) in [5.41, 5.74) is 9.17. The molecule has 0 bridgehead atoms. The summed E-state index contributed by atoms with van der Waals surface area (Å²) in [7, 11) is 0. The number of nitrogens with two attached hydrogens (primary N) is 1. The second-order valence-electron chi connectivity index (χ2n) is 4.84. The number of benzene rings is 2. The van der Waals surface area contributed by atoms with Crippen LogP contribution in [0.25, 0.3) is 0 Å². The zero-order chi connectivity index (χ0) is 14.5. The van der Waals surface area contributed by atoms with Crippen molar-refractivity contribution < 1.29 is 4.74 Å². The third-order valence-corrected chi connectivity index (χ3v) is 3.73. The van der Waals surface area contributed by atoms with Gasteiger partial charge in [0.1, 0.15) is 11.5 Å². The second-order valence-corrected chi connectivity index (χ2v) is 5.24. The second kappa shape index (κ2) is 6.78. The summed E-state index contributed by atoms with van der Waals surface area (Å²) in [6, 6.07) is 11.9. The van der Waals surface area contributed by atoms with Crippen LogP contribution in [-0.2, 0) is 12.8 Å². The highest BCUT2D eigenvalue weighted by Crippen LogP contribution is 2.28. The molecule has 0 radical (unpaired) electrons. The standard InChI is InChI=1S/C17H20ClNO/c1-3-13-11-16(6-7-17(13)18)20-15-5-4-14(8-9-19)12(2)10-15/h4-7,10-11H,3,8-9,19H2,1-2H3. The van der Waals surface area contributed by atoms with Gasteiger partial charge in [-0.1, -0.05) is 24.6 Å². The fraction of sp³-hybridized carbons (Fsp3) is 0.294. The summed E-state index contributed by atoms with van der Waals surface area (Å²) in [6.45, 7) is 4.83. The molecule has 2 rings (SSSR count). The Balaban J connectivity index is 2.19. The Morgan fingerprint density at radius 3 is 2.40 bits per heavy atom. The summed E-state index contributed by atoms with van der Waals surface area (Å²) in [4.78, 5) is 0. The third-order valence-electron chi connectivity index (χ3n) is 3.36. The van der Waals surface area contributed by atoms with Crippen LogP contribution in [0.4, 0.5) is 0 Å². The molecule has 2 aromatic rings. The van der Waals surface area contributed by atoms with Crippen LogP contribution in [0.5, 0.6) is 11.5 Å². The minimum absolute atomic E-state index is 0.665. The van der Waals surface area contributed by atoms with E-state index in [1.807, 2.05) is 30.3 Å². The molecule has 106 valence electrons. The summed E-state index contributed by atoms with van der Waals surface area (Å²) in [5, 5.41) is 0.786. The van der Waals surface area contributed by atoms with Gasteiger partial charge in [-0.2, -0.15) is 0 Å². The Kier molecular flexibility index (Phi) is 5.05. The van der Waals surface area contributed by atoms with Crippen molar-refractivity contribution in [2.45, 2.75) is 26.7 Å². The number of hydrogen-bond donors (Lipinski definition) is 1. The highest BCUT2D eigenvalue weighted by molar-refractivity contribution is 6.31. The van der Waals surface area contributed by atoms with Crippen molar-refractivity contribution >= 4 is 11.6 Å². The van der Waals surface area contributed by atoms with E-state index in [0.717, 1.165) is 34.9 Å². The van der Waals surface area contributed by atoms with Crippen molar-refractivity contribution in [3.8, 4) is 11.5 Å². The van der Waals surface area contributed by atoms with Crippen molar-refractivity contribution in [3.63, 3.8) is 0 Å². The molecular weight excluding hydrogens is 270 g/mol. The van der Waals surface area contributed by atoms with Crippen LogP contribution >= 0.6 is 11.6 Å². The maximum Gasteiger partial charge on any atom is 0.127 e. The maximum atomic E-state index is 6.11. The monoisotopic (exact) mass is 289 g/mol.